The monoisotopic (exact) mass is 224 g/mol. The third-order valence-electron chi connectivity index (χ3n) is 1.89. The number of carbonyl (C=O) groups is 1. The first kappa shape index (κ1) is 12.5. The van der Waals surface area contributed by atoms with Gasteiger partial charge in [-0.25, -0.2) is 4.79 Å². The van der Waals surface area contributed by atoms with E-state index in [1.807, 2.05) is 13.8 Å². The van der Waals surface area contributed by atoms with Crippen molar-refractivity contribution in [3.05, 3.63) is 29.8 Å². The molecule has 0 radical (unpaired) electrons. The van der Waals surface area contributed by atoms with Gasteiger partial charge in [-0.2, -0.15) is 0 Å². The van der Waals surface area contributed by atoms with Crippen molar-refractivity contribution >= 4 is 5.97 Å². The smallest absolute Gasteiger partial charge is 0.341 e. The molecule has 0 heterocycles. The Hall–Kier alpha value is -1.55. The van der Waals surface area contributed by atoms with Crippen molar-refractivity contribution in [2.45, 2.75) is 20.0 Å². The van der Waals surface area contributed by atoms with Crippen LogP contribution in [-0.4, -0.2) is 30.4 Å². The van der Waals surface area contributed by atoms with Gasteiger partial charge in [-0.15, -0.1) is 0 Å². The summed E-state index contributed by atoms with van der Waals surface area (Å²) in [6, 6.07) is 6.27. The fourth-order valence-electron chi connectivity index (χ4n) is 1.14. The van der Waals surface area contributed by atoms with Crippen LogP contribution in [0.5, 0.6) is 5.75 Å². The van der Waals surface area contributed by atoms with Crippen LogP contribution < -0.4 is 0 Å². The van der Waals surface area contributed by atoms with E-state index in [9.17, 15) is 9.90 Å². The topological polar surface area (TPSA) is 55.8 Å². The van der Waals surface area contributed by atoms with Crippen LogP contribution in [0.1, 0.15) is 24.2 Å². The van der Waals surface area contributed by atoms with Gasteiger partial charge in [0.1, 0.15) is 17.9 Å². The van der Waals surface area contributed by atoms with Gasteiger partial charge in [0.25, 0.3) is 0 Å². The van der Waals surface area contributed by atoms with Crippen molar-refractivity contribution in [1.82, 2.24) is 0 Å². The van der Waals surface area contributed by atoms with Crippen molar-refractivity contribution in [3.8, 4) is 5.75 Å². The normalized spacial score (nSPS) is 10.4. The first-order valence-electron chi connectivity index (χ1n) is 5.18. The minimum absolute atomic E-state index is 0.0720. The zero-order valence-electron chi connectivity index (χ0n) is 9.47. The van der Waals surface area contributed by atoms with Crippen LogP contribution in [0.4, 0.5) is 0 Å². The fourth-order valence-corrected chi connectivity index (χ4v) is 1.14. The van der Waals surface area contributed by atoms with Crippen molar-refractivity contribution in [1.29, 1.82) is 0 Å². The number of hydrogen-bond donors (Lipinski definition) is 1. The highest BCUT2D eigenvalue weighted by molar-refractivity contribution is 5.92. The summed E-state index contributed by atoms with van der Waals surface area (Å²) in [4.78, 5) is 11.5. The molecule has 0 amide bonds. The molecule has 0 saturated heterocycles. The van der Waals surface area contributed by atoms with E-state index < -0.39 is 5.97 Å². The van der Waals surface area contributed by atoms with Crippen LogP contribution in [0.3, 0.4) is 0 Å². The molecule has 16 heavy (non-hydrogen) atoms. The molecule has 1 rings (SSSR count). The second kappa shape index (κ2) is 6.12. The van der Waals surface area contributed by atoms with Gasteiger partial charge in [0.15, 0.2) is 0 Å². The molecular weight excluding hydrogens is 208 g/mol. The van der Waals surface area contributed by atoms with Crippen molar-refractivity contribution < 1.29 is 19.4 Å². The molecule has 0 aliphatic heterocycles. The molecule has 0 spiro atoms. The van der Waals surface area contributed by atoms with E-state index >= 15 is 0 Å². The first-order valence-corrected chi connectivity index (χ1v) is 5.18. The maximum absolute atomic E-state index is 11.5. The Morgan fingerprint density at radius 2 is 2.00 bits per heavy atom. The van der Waals surface area contributed by atoms with Crippen LogP contribution in [0.25, 0.3) is 0 Å². The van der Waals surface area contributed by atoms with E-state index in [-0.39, 0.29) is 24.0 Å². The van der Waals surface area contributed by atoms with E-state index in [0.29, 0.717) is 6.61 Å². The van der Waals surface area contributed by atoms with Gasteiger partial charge >= 0.3 is 5.97 Å². The lowest BCUT2D eigenvalue weighted by atomic mass is 10.2. The molecule has 4 nitrogen and oxygen atoms in total. The first-order chi connectivity index (χ1) is 7.61. The highest BCUT2D eigenvalue weighted by Gasteiger charge is 2.11. The van der Waals surface area contributed by atoms with Crippen molar-refractivity contribution in [2.75, 3.05) is 13.2 Å². The number of hydrogen-bond acceptors (Lipinski definition) is 4. The van der Waals surface area contributed by atoms with E-state index in [0.717, 1.165) is 0 Å². The van der Waals surface area contributed by atoms with Crippen molar-refractivity contribution in [2.24, 2.45) is 0 Å². The van der Waals surface area contributed by atoms with Gasteiger partial charge in [-0.3, -0.25) is 0 Å². The van der Waals surface area contributed by atoms with Gasteiger partial charge in [-0.1, -0.05) is 12.1 Å². The minimum atomic E-state index is -0.537. The molecule has 0 saturated carbocycles. The number of carbonyl (C=O) groups excluding carboxylic acids is 1. The zero-order valence-corrected chi connectivity index (χ0v) is 9.47. The Morgan fingerprint density at radius 1 is 1.31 bits per heavy atom. The second-order valence-electron chi connectivity index (χ2n) is 3.57. The zero-order chi connectivity index (χ0) is 12.0. The summed E-state index contributed by atoms with van der Waals surface area (Å²) >= 11 is 0. The molecule has 0 fully saturated rings. The summed E-state index contributed by atoms with van der Waals surface area (Å²) in [6.45, 7) is 4.36. The standard InChI is InChI=1S/C12H16O4/c1-9(2)15-7-8-16-12(14)10-5-3-4-6-11(10)13/h3-6,9,13H,7-8H2,1-2H3. The van der Waals surface area contributed by atoms with E-state index in [2.05, 4.69) is 0 Å². The molecule has 0 atom stereocenters. The summed E-state index contributed by atoms with van der Waals surface area (Å²) in [7, 11) is 0. The number of aromatic hydroxyl groups is 1. The number of benzene rings is 1. The highest BCUT2D eigenvalue weighted by atomic mass is 16.6. The molecule has 0 aromatic heterocycles. The Balaban J connectivity index is 2.39. The third-order valence-corrected chi connectivity index (χ3v) is 1.89. The predicted molar refractivity (Wildman–Crippen MR) is 59.5 cm³/mol. The van der Waals surface area contributed by atoms with E-state index in [1.54, 1.807) is 12.1 Å². The second-order valence-corrected chi connectivity index (χ2v) is 3.57. The van der Waals surface area contributed by atoms with Crippen molar-refractivity contribution in [3.63, 3.8) is 0 Å². The van der Waals surface area contributed by atoms with E-state index in [1.165, 1.54) is 12.1 Å². The molecule has 1 aromatic rings. The number of ether oxygens (including phenoxy) is 2. The lowest BCUT2D eigenvalue weighted by molar-refractivity contribution is 0.0175. The number of phenols is 1. The molecule has 0 aliphatic rings. The van der Waals surface area contributed by atoms with Crippen LogP contribution in [0.2, 0.25) is 0 Å². The average Bonchev–Trinajstić information content (AvgIpc) is 2.24. The van der Waals surface area contributed by atoms with Gasteiger partial charge in [0.05, 0.1) is 12.7 Å². The lowest BCUT2D eigenvalue weighted by Crippen LogP contribution is -2.13. The fraction of sp³-hybridized carbons (Fsp3) is 0.417. The van der Waals surface area contributed by atoms with E-state index in [4.69, 9.17) is 9.47 Å². The maximum Gasteiger partial charge on any atom is 0.341 e. The van der Waals surface area contributed by atoms with Gasteiger partial charge < -0.3 is 14.6 Å². The summed E-state index contributed by atoms with van der Waals surface area (Å²) in [6.07, 6.45) is 0.115. The lowest BCUT2D eigenvalue weighted by Gasteiger charge is -2.08. The molecule has 0 aliphatic carbocycles. The minimum Gasteiger partial charge on any atom is -0.507 e. The molecule has 0 unspecified atom stereocenters. The molecule has 4 heteroatoms. The Kier molecular flexibility index (Phi) is 4.79. The summed E-state index contributed by atoms with van der Waals surface area (Å²) in [5.74, 6) is -0.609. The Morgan fingerprint density at radius 3 is 2.62 bits per heavy atom. The van der Waals surface area contributed by atoms with Crippen LogP contribution >= 0.6 is 0 Å². The van der Waals surface area contributed by atoms with Gasteiger partial charge in [0, 0.05) is 0 Å². The predicted octanol–water partition coefficient (Wildman–Crippen LogP) is 1.97. The molecule has 0 bridgehead atoms. The molecule has 1 N–H and O–H groups in total. The number of esters is 1. The molecular formula is C12H16O4. The number of para-hydroxylation sites is 1. The largest absolute Gasteiger partial charge is 0.507 e. The van der Waals surface area contributed by atoms with Gasteiger partial charge in [-0.05, 0) is 26.0 Å². The Labute approximate surface area is 94.8 Å². The SMILES string of the molecule is CC(C)OCCOC(=O)c1ccccc1O. The quantitative estimate of drug-likeness (QED) is 0.613. The van der Waals surface area contributed by atoms with Crippen LogP contribution in [0.15, 0.2) is 24.3 Å². The number of phenolic OH excluding ortho intramolecular Hbond substituents is 1. The maximum atomic E-state index is 11.5. The van der Waals surface area contributed by atoms with Crippen LogP contribution in [0, 0.1) is 0 Å². The summed E-state index contributed by atoms with van der Waals surface area (Å²) in [5, 5.41) is 9.39. The van der Waals surface area contributed by atoms with Crippen LogP contribution in [-0.2, 0) is 9.47 Å². The average molecular weight is 224 g/mol. The number of rotatable bonds is 5. The molecule has 88 valence electrons. The third kappa shape index (κ3) is 3.90. The summed E-state index contributed by atoms with van der Waals surface area (Å²) in [5.41, 5.74) is 0.173. The van der Waals surface area contributed by atoms with Gasteiger partial charge in [0.2, 0.25) is 0 Å². The Bertz CT molecular complexity index is 347. The highest BCUT2D eigenvalue weighted by Crippen LogP contribution is 2.16. The summed E-state index contributed by atoms with van der Waals surface area (Å²) < 4.78 is 10.2. The molecule has 1 aromatic carbocycles.